The van der Waals surface area contributed by atoms with Crippen LogP contribution in [0, 0.1) is 0 Å². The van der Waals surface area contributed by atoms with Crippen molar-refractivity contribution in [1.82, 2.24) is 14.5 Å². The molecule has 2 rings (SSSR count). The average molecular weight is 339 g/mol. The Morgan fingerprint density at radius 1 is 1.17 bits per heavy atom. The molecule has 1 aliphatic heterocycles. The molecule has 0 unspecified atom stereocenters. The largest absolute Gasteiger partial charge is 0.346 e. The van der Waals surface area contributed by atoms with Gasteiger partial charge in [0.25, 0.3) is 0 Å². The van der Waals surface area contributed by atoms with Gasteiger partial charge in [-0.3, -0.25) is 9.59 Å². The zero-order valence-electron chi connectivity index (χ0n) is 13.1. The summed E-state index contributed by atoms with van der Waals surface area (Å²) in [6.45, 7) is 1.01. The van der Waals surface area contributed by atoms with Gasteiger partial charge < -0.3 is 10.2 Å². The van der Waals surface area contributed by atoms with Gasteiger partial charge in [-0.2, -0.15) is 4.31 Å². The minimum Gasteiger partial charge on any atom is -0.346 e. The van der Waals surface area contributed by atoms with Gasteiger partial charge in [0.15, 0.2) is 0 Å². The van der Waals surface area contributed by atoms with Crippen LogP contribution in [0.25, 0.3) is 0 Å². The van der Waals surface area contributed by atoms with E-state index in [1.54, 1.807) is 23.1 Å². The zero-order chi connectivity index (χ0) is 16.9. The molecule has 7 nitrogen and oxygen atoms in total. The van der Waals surface area contributed by atoms with E-state index < -0.39 is 15.9 Å². The number of amides is 2. The van der Waals surface area contributed by atoms with Gasteiger partial charge in [-0.15, -0.1) is 0 Å². The molecule has 1 aromatic rings. The van der Waals surface area contributed by atoms with Crippen LogP contribution in [-0.4, -0.2) is 62.7 Å². The van der Waals surface area contributed by atoms with Crippen LogP contribution in [-0.2, 0) is 19.6 Å². The lowest BCUT2D eigenvalue weighted by Gasteiger charge is -2.18. The van der Waals surface area contributed by atoms with Gasteiger partial charge >= 0.3 is 0 Å². The highest BCUT2D eigenvalue weighted by Crippen LogP contribution is 2.12. The summed E-state index contributed by atoms with van der Waals surface area (Å²) in [4.78, 5) is 25.5. The third kappa shape index (κ3) is 4.52. The first-order valence-corrected chi connectivity index (χ1v) is 8.91. The number of rotatable bonds is 6. The molecule has 0 aromatic heterocycles. The van der Waals surface area contributed by atoms with Crippen molar-refractivity contribution in [2.75, 3.05) is 33.2 Å². The van der Waals surface area contributed by atoms with Crippen LogP contribution in [0.1, 0.15) is 12.8 Å². The fourth-order valence-electron chi connectivity index (χ4n) is 2.37. The maximum Gasteiger partial charge on any atom is 0.243 e. The van der Waals surface area contributed by atoms with E-state index in [0.717, 1.165) is 30.2 Å². The second-order valence-corrected chi connectivity index (χ2v) is 7.48. The first kappa shape index (κ1) is 17.4. The normalized spacial score (nSPS) is 15.0. The number of carbonyl (C=O) groups is 2. The van der Waals surface area contributed by atoms with Crippen molar-refractivity contribution in [2.24, 2.45) is 0 Å². The molecular formula is C15H21N3O4S. The van der Waals surface area contributed by atoms with Gasteiger partial charge in [0.2, 0.25) is 21.8 Å². The Morgan fingerprint density at radius 3 is 2.39 bits per heavy atom. The molecule has 0 saturated carbocycles. The van der Waals surface area contributed by atoms with Crippen molar-refractivity contribution in [3.8, 4) is 0 Å². The van der Waals surface area contributed by atoms with E-state index in [0.29, 0.717) is 0 Å². The lowest BCUT2D eigenvalue weighted by atomic mass is 10.4. The molecule has 8 heteroatoms. The second-order valence-electron chi connectivity index (χ2n) is 5.44. The Hall–Kier alpha value is -1.93. The molecule has 0 spiro atoms. The van der Waals surface area contributed by atoms with E-state index >= 15 is 0 Å². The maximum atomic E-state index is 12.3. The van der Waals surface area contributed by atoms with E-state index in [-0.39, 0.29) is 23.9 Å². The summed E-state index contributed by atoms with van der Waals surface area (Å²) in [5.74, 6) is -0.635. The smallest absolute Gasteiger partial charge is 0.243 e. The molecule has 0 radical (unpaired) electrons. The molecule has 23 heavy (non-hydrogen) atoms. The van der Waals surface area contributed by atoms with Crippen molar-refractivity contribution < 1.29 is 18.0 Å². The van der Waals surface area contributed by atoms with Gasteiger partial charge in [0.05, 0.1) is 18.0 Å². The molecule has 126 valence electrons. The summed E-state index contributed by atoms with van der Waals surface area (Å²) < 4.78 is 25.5. The molecule has 0 bridgehead atoms. The summed E-state index contributed by atoms with van der Waals surface area (Å²) in [6.07, 6.45) is 1.97. The third-order valence-electron chi connectivity index (χ3n) is 3.71. The number of nitrogens with one attached hydrogen (secondary N) is 1. The Balaban J connectivity index is 1.86. The van der Waals surface area contributed by atoms with Crippen molar-refractivity contribution in [1.29, 1.82) is 0 Å². The molecule has 1 fully saturated rings. The summed E-state index contributed by atoms with van der Waals surface area (Å²) in [5, 5.41) is 2.48. The monoisotopic (exact) mass is 339 g/mol. The molecular weight excluding hydrogens is 318 g/mol. The molecule has 0 aliphatic carbocycles. The third-order valence-corrected chi connectivity index (χ3v) is 5.53. The minimum absolute atomic E-state index is 0.0991. The number of sulfonamides is 1. The van der Waals surface area contributed by atoms with Gasteiger partial charge in [-0.25, -0.2) is 8.42 Å². The highest BCUT2D eigenvalue weighted by molar-refractivity contribution is 7.89. The Morgan fingerprint density at radius 2 is 1.78 bits per heavy atom. The summed E-state index contributed by atoms with van der Waals surface area (Å²) in [6, 6.07) is 7.90. The topological polar surface area (TPSA) is 86.8 Å². The standard InChI is InChI=1S/C15H21N3O4S/c1-17(23(21,22)13-7-3-2-4-8-13)12-14(19)16-11-15(20)18-9-5-6-10-18/h2-4,7-8H,5-6,9-12H2,1H3,(H,16,19). The van der Waals surface area contributed by atoms with E-state index in [2.05, 4.69) is 5.32 Å². The van der Waals surface area contributed by atoms with E-state index in [4.69, 9.17) is 0 Å². The highest BCUT2D eigenvalue weighted by Gasteiger charge is 2.23. The summed E-state index contributed by atoms with van der Waals surface area (Å²) in [7, 11) is -2.37. The molecule has 1 N–H and O–H groups in total. The Bertz CT molecular complexity index is 655. The molecule has 1 aliphatic rings. The predicted molar refractivity (Wildman–Crippen MR) is 85.1 cm³/mol. The van der Waals surface area contributed by atoms with E-state index in [1.165, 1.54) is 19.2 Å². The Kier molecular flexibility index (Phi) is 5.73. The Labute approximate surface area is 136 Å². The summed E-state index contributed by atoms with van der Waals surface area (Å²) in [5.41, 5.74) is 0. The van der Waals surface area contributed by atoms with Gasteiger partial charge in [0.1, 0.15) is 0 Å². The fourth-order valence-corrected chi connectivity index (χ4v) is 3.52. The van der Waals surface area contributed by atoms with Crippen molar-refractivity contribution in [3.05, 3.63) is 30.3 Å². The van der Waals surface area contributed by atoms with Crippen LogP contribution in [0.15, 0.2) is 35.2 Å². The van der Waals surface area contributed by atoms with Crippen molar-refractivity contribution in [3.63, 3.8) is 0 Å². The number of hydrogen-bond donors (Lipinski definition) is 1. The average Bonchev–Trinajstić information content (AvgIpc) is 3.08. The molecule has 0 atom stereocenters. The van der Waals surface area contributed by atoms with Crippen LogP contribution in [0.2, 0.25) is 0 Å². The SMILES string of the molecule is CN(CC(=O)NCC(=O)N1CCCC1)S(=O)(=O)c1ccccc1. The number of carbonyl (C=O) groups excluding carboxylic acids is 2. The van der Waals surface area contributed by atoms with Crippen LogP contribution in [0.5, 0.6) is 0 Å². The van der Waals surface area contributed by atoms with Crippen molar-refractivity contribution >= 4 is 21.8 Å². The summed E-state index contributed by atoms with van der Waals surface area (Å²) >= 11 is 0. The highest BCUT2D eigenvalue weighted by atomic mass is 32.2. The lowest BCUT2D eigenvalue weighted by Crippen LogP contribution is -2.43. The number of benzene rings is 1. The first-order chi connectivity index (χ1) is 10.9. The fraction of sp³-hybridized carbons (Fsp3) is 0.467. The quantitative estimate of drug-likeness (QED) is 0.793. The van der Waals surface area contributed by atoms with E-state index in [9.17, 15) is 18.0 Å². The minimum atomic E-state index is -3.71. The number of hydrogen-bond acceptors (Lipinski definition) is 4. The van der Waals surface area contributed by atoms with Crippen LogP contribution in [0.4, 0.5) is 0 Å². The second kappa shape index (κ2) is 7.56. The van der Waals surface area contributed by atoms with Crippen molar-refractivity contribution in [2.45, 2.75) is 17.7 Å². The number of likely N-dealkylation sites (N-methyl/N-ethyl adjacent to an activating group) is 1. The van der Waals surface area contributed by atoms with Gasteiger partial charge in [-0.1, -0.05) is 18.2 Å². The van der Waals surface area contributed by atoms with Crippen LogP contribution >= 0.6 is 0 Å². The molecule has 1 saturated heterocycles. The van der Waals surface area contributed by atoms with Crippen LogP contribution < -0.4 is 5.32 Å². The maximum absolute atomic E-state index is 12.3. The predicted octanol–water partition coefficient (Wildman–Crippen LogP) is 0.0457. The number of nitrogens with zero attached hydrogens (tertiary/aromatic N) is 2. The van der Waals surface area contributed by atoms with Gasteiger partial charge in [-0.05, 0) is 25.0 Å². The molecule has 2 amide bonds. The molecule has 1 heterocycles. The number of likely N-dealkylation sites (tertiary alicyclic amines) is 1. The zero-order valence-corrected chi connectivity index (χ0v) is 13.9. The lowest BCUT2D eigenvalue weighted by molar-refractivity contribution is -0.132. The molecule has 1 aromatic carbocycles. The van der Waals surface area contributed by atoms with Crippen LogP contribution in [0.3, 0.4) is 0 Å². The van der Waals surface area contributed by atoms with E-state index in [1.807, 2.05) is 0 Å². The van der Waals surface area contributed by atoms with Gasteiger partial charge in [0, 0.05) is 20.1 Å². The first-order valence-electron chi connectivity index (χ1n) is 7.47.